The Hall–Kier alpha value is -2.02. The van der Waals surface area contributed by atoms with Gasteiger partial charge in [0.2, 0.25) is 11.8 Å². The van der Waals surface area contributed by atoms with Crippen molar-refractivity contribution in [3.05, 3.63) is 21.9 Å². The van der Waals surface area contributed by atoms with Crippen molar-refractivity contribution < 1.29 is 19.2 Å². The number of likely N-dealkylation sites (tertiary alicyclic amines) is 1. The van der Waals surface area contributed by atoms with Crippen LogP contribution in [0.3, 0.4) is 0 Å². The molecule has 1 saturated heterocycles. The molecule has 154 valence electrons. The summed E-state index contributed by atoms with van der Waals surface area (Å²) in [4.78, 5) is 51.6. The normalized spacial score (nSPS) is 14.4. The first-order valence-electron chi connectivity index (χ1n) is 10.1. The van der Waals surface area contributed by atoms with Gasteiger partial charge in [-0.15, -0.1) is 11.3 Å². The number of aryl methyl sites for hydroxylation is 1. The molecule has 0 unspecified atom stereocenters. The lowest BCUT2D eigenvalue weighted by Gasteiger charge is -2.20. The van der Waals surface area contributed by atoms with E-state index in [0.717, 1.165) is 30.8 Å². The Morgan fingerprint density at radius 2 is 1.61 bits per heavy atom. The topological polar surface area (TPSA) is 83.5 Å². The molecule has 0 aromatic carbocycles. The number of carbonyl (C=O) groups excluding carboxylic acids is 4. The van der Waals surface area contributed by atoms with Crippen molar-refractivity contribution in [2.45, 2.75) is 64.7 Å². The number of rotatable bonds is 10. The van der Waals surface area contributed by atoms with Crippen LogP contribution in [-0.2, 0) is 14.4 Å². The SMILES string of the molecule is Cc1ccc(C(=O)CCC(=O)CCC(=O)NCCC(=O)N2CCCCCC2)s1. The lowest BCUT2D eigenvalue weighted by Crippen LogP contribution is -2.35. The molecule has 1 aliphatic heterocycles. The molecule has 0 bridgehead atoms. The molecule has 1 aromatic heterocycles. The van der Waals surface area contributed by atoms with E-state index in [1.54, 1.807) is 6.07 Å². The average Bonchev–Trinajstić information content (AvgIpc) is 2.94. The summed E-state index contributed by atoms with van der Waals surface area (Å²) < 4.78 is 0. The van der Waals surface area contributed by atoms with E-state index in [2.05, 4.69) is 5.32 Å². The van der Waals surface area contributed by atoms with Gasteiger partial charge in [0.1, 0.15) is 5.78 Å². The highest BCUT2D eigenvalue weighted by Gasteiger charge is 2.16. The summed E-state index contributed by atoms with van der Waals surface area (Å²) in [6.07, 6.45) is 5.32. The van der Waals surface area contributed by atoms with Gasteiger partial charge in [0.05, 0.1) is 4.88 Å². The Morgan fingerprint density at radius 3 is 2.25 bits per heavy atom. The van der Waals surface area contributed by atoms with Crippen LogP contribution in [0.2, 0.25) is 0 Å². The molecule has 2 heterocycles. The van der Waals surface area contributed by atoms with Gasteiger partial charge >= 0.3 is 0 Å². The summed E-state index contributed by atoms with van der Waals surface area (Å²) in [6, 6.07) is 3.68. The highest BCUT2D eigenvalue weighted by molar-refractivity contribution is 7.14. The molecule has 1 aliphatic rings. The second kappa shape index (κ2) is 11.7. The zero-order valence-electron chi connectivity index (χ0n) is 16.6. The maximum Gasteiger partial charge on any atom is 0.224 e. The van der Waals surface area contributed by atoms with Crippen LogP contribution in [0.1, 0.15) is 72.3 Å². The van der Waals surface area contributed by atoms with Gasteiger partial charge in [-0.05, 0) is 31.9 Å². The number of hydrogen-bond donors (Lipinski definition) is 1. The first-order valence-corrected chi connectivity index (χ1v) is 10.9. The number of nitrogens with zero attached hydrogens (tertiary/aromatic N) is 1. The number of Topliss-reactive ketones (excluding diaryl/α,β-unsaturated/α-hetero) is 2. The van der Waals surface area contributed by atoms with Crippen LogP contribution in [0, 0.1) is 6.92 Å². The van der Waals surface area contributed by atoms with E-state index >= 15 is 0 Å². The third kappa shape index (κ3) is 7.92. The van der Waals surface area contributed by atoms with Crippen molar-refractivity contribution in [2.24, 2.45) is 0 Å². The molecular formula is C21H30N2O4S. The minimum Gasteiger partial charge on any atom is -0.356 e. The molecule has 0 radical (unpaired) electrons. The van der Waals surface area contributed by atoms with Crippen molar-refractivity contribution in [1.29, 1.82) is 0 Å². The van der Waals surface area contributed by atoms with E-state index in [0.29, 0.717) is 17.8 Å². The smallest absolute Gasteiger partial charge is 0.224 e. The maximum absolute atomic E-state index is 12.2. The van der Waals surface area contributed by atoms with Crippen molar-refractivity contribution in [3.8, 4) is 0 Å². The van der Waals surface area contributed by atoms with Gasteiger partial charge in [-0.3, -0.25) is 19.2 Å². The van der Waals surface area contributed by atoms with Crippen LogP contribution in [0.4, 0.5) is 0 Å². The fourth-order valence-corrected chi connectivity index (χ4v) is 4.05. The quantitative estimate of drug-likeness (QED) is 0.605. The van der Waals surface area contributed by atoms with Crippen LogP contribution in [-0.4, -0.2) is 47.9 Å². The average molecular weight is 407 g/mol. The van der Waals surface area contributed by atoms with Crippen molar-refractivity contribution in [3.63, 3.8) is 0 Å². The lowest BCUT2D eigenvalue weighted by molar-refractivity contribution is -0.131. The largest absolute Gasteiger partial charge is 0.356 e. The maximum atomic E-state index is 12.2. The molecule has 0 atom stereocenters. The van der Waals surface area contributed by atoms with Gasteiger partial charge in [-0.25, -0.2) is 0 Å². The van der Waals surface area contributed by atoms with E-state index in [1.165, 1.54) is 24.2 Å². The first-order chi connectivity index (χ1) is 13.5. The summed E-state index contributed by atoms with van der Waals surface area (Å²) in [5.41, 5.74) is 0. The molecule has 2 amide bonds. The van der Waals surface area contributed by atoms with E-state index in [-0.39, 0.29) is 49.1 Å². The Bertz CT molecular complexity index is 690. The molecule has 1 aromatic rings. The fourth-order valence-electron chi connectivity index (χ4n) is 3.21. The van der Waals surface area contributed by atoms with Gasteiger partial charge < -0.3 is 10.2 Å². The van der Waals surface area contributed by atoms with Gasteiger partial charge in [-0.2, -0.15) is 0 Å². The summed E-state index contributed by atoms with van der Waals surface area (Å²) in [5.74, 6) is -0.252. The number of nitrogens with one attached hydrogen (secondary N) is 1. The standard InChI is InChI=1S/C21H30N2O4S/c1-16-6-10-19(28-16)18(25)9-7-17(24)8-11-20(26)22-13-12-21(27)23-14-4-2-3-5-15-23/h6,10H,2-5,7-9,11-15H2,1H3,(H,22,26). The fraction of sp³-hybridized carbons (Fsp3) is 0.619. The Kier molecular flexibility index (Phi) is 9.34. The van der Waals surface area contributed by atoms with Gasteiger partial charge in [0, 0.05) is 56.6 Å². The number of ketones is 2. The highest BCUT2D eigenvalue weighted by Crippen LogP contribution is 2.17. The van der Waals surface area contributed by atoms with Crippen LogP contribution in [0.25, 0.3) is 0 Å². The van der Waals surface area contributed by atoms with Gasteiger partial charge in [0.25, 0.3) is 0 Å². The third-order valence-electron chi connectivity index (χ3n) is 4.90. The second-order valence-corrected chi connectivity index (χ2v) is 8.56. The molecule has 1 N–H and O–H groups in total. The monoisotopic (exact) mass is 406 g/mol. The van der Waals surface area contributed by atoms with Crippen molar-refractivity contribution in [1.82, 2.24) is 10.2 Å². The molecule has 0 spiro atoms. The summed E-state index contributed by atoms with van der Waals surface area (Å²) in [6.45, 7) is 3.86. The molecular weight excluding hydrogens is 376 g/mol. The van der Waals surface area contributed by atoms with Crippen LogP contribution in [0.15, 0.2) is 12.1 Å². The van der Waals surface area contributed by atoms with Crippen LogP contribution >= 0.6 is 11.3 Å². The molecule has 28 heavy (non-hydrogen) atoms. The van der Waals surface area contributed by atoms with Crippen molar-refractivity contribution >= 4 is 34.7 Å². The third-order valence-corrected chi connectivity index (χ3v) is 5.94. The zero-order chi connectivity index (χ0) is 20.4. The highest BCUT2D eigenvalue weighted by atomic mass is 32.1. The molecule has 1 fully saturated rings. The Labute approximate surface area is 170 Å². The second-order valence-electron chi connectivity index (χ2n) is 7.27. The number of amides is 2. The lowest BCUT2D eigenvalue weighted by atomic mass is 10.1. The molecule has 6 nitrogen and oxygen atoms in total. The Morgan fingerprint density at radius 1 is 0.929 bits per heavy atom. The van der Waals surface area contributed by atoms with Crippen LogP contribution < -0.4 is 5.32 Å². The minimum atomic E-state index is -0.225. The van der Waals surface area contributed by atoms with E-state index in [9.17, 15) is 19.2 Å². The predicted octanol–water partition coefficient (Wildman–Crippen LogP) is 3.28. The summed E-state index contributed by atoms with van der Waals surface area (Å²) >= 11 is 1.43. The van der Waals surface area contributed by atoms with Gasteiger partial charge in [-0.1, -0.05) is 12.8 Å². The number of carbonyl (C=O) groups is 4. The summed E-state index contributed by atoms with van der Waals surface area (Å²) in [5, 5.41) is 2.71. The van der Waals surface area contributed by atoms with Crippen LogP contribution in [0.5, 0.6) is 0 Å². The van der Waals surface area contributed by atoms with E-state index in [1.807, 2.05) is 17.9 Å². The minimum absolute atomic E-state index is 0.0251. The molecule has 0 aliphatic carbocycles. The predicted molar refractivity (Wildman–Crippen MR) is 110 cm³/mol. The van der Waals surface area contributed by atoms with Crippen molar-refractivity contribution in [2.75, 3.05) is 19.6 Å². The first kappa shape index (κ1) is 22.3. The molecule has 0 saturated carbocycles. The number of thiophene rings is 1. The zero-order valence-corrected chi connectivity index (χ0v) is 17.4. The molecule has 7 heteroatoms. The van der Waals surface area contributed by atoms with Gasteiger partial charge in [0.15, 0.2) is 5.78 Å². The van der Waals surface area contributed by atoms with E-state index in [4.69, 9.17) is 0 Å². The van der Waals surface area contributed by atoms with E-state index < -0.39 is 0 Å². The number of hydrogen-bond acceptors (Lipinski definition) is 5. The summed E-state index contributed by atoms with van der Waals surface area (Å²) in [7, 11) is 0. The molecule has 2 rings (SSSR count). The Balaban J connectivity index is 1.56.